The molecule has 0 spiro atoms. The molecule has 1 aliphatic carbocycles. The number of halogens is 1. The molecule has 2 aliphatic rings. The number of nitrogens with one attached hydrogen (secondary N) is 1. The van der Waals surface area contributed by atoms with Gasteiger partial charge in [0.1, 0.15) is 5.82 Å². The van der Waals surface area contributed by atoms with E-state index in [0.717, 1.165) is 12.8 Å². The fourth-order valence-electron chi connectivity index (χ4n) is 1.91. The normalized spacial score (nSPS) is 23.6. The fraction of sp³-hybridized carbons (Fsp3) is 0.364. The van der Waals surface area contributed by atoms with Gasteiger partial charge in [0.15, 0.2) is 6.04 Å². The van der Waals surface area contributed by atoms with Crippen molar-refractivity contribution in [1.29, 1.82) is 0 Å². The Kier molecular flexibility index (Phi) is 1.99. The van der Waals surface area contributed by atoms with Crippen LogP contribution in [0.1, 0.15) is 35.9 Å². The minimum Gasteiger partial charge on any atom is -0.270 e. The zero-order chi connectivity index (χ0) is 11.1. The molecule has 1 amide bonds. The second-order valence-electron chi connectivity index (χ2n) is 4.15. The highest BCUT2D eigenvalue weighted by atomic mass is 19.1. The highest BCUT2D eigenvalue weighted by molar-refractivity contribution is 5.84. The molecule has 0 bridgehead atoms. The maximum absolute atomic E-state index is 13.5. The molecule has 1 atom stereocenters. The molecular formula is C11H10FN3O. The molecule has 3 rings (SSSR count). The van der Waals surface area contributed by atoms with Crippen LogP contribution < -0.4 is 5.43 Å². The van der Waals surface area contributed by atoms with E-state index in [0.29, 0.717) is 17.0 Å². The van der Waals surface area contributed by atoms with Crippen LogP contribution >= 0.6 is 0 Å². The second kappa shape index (κ2) is 3.37. The van der Waals surface area contributed by atoms with E-state index < -0.39 is 6.04 Å². The van der Waals surface area contributed by atoms with E-state index in [4.69, 9.17) is 0 Å². The van der Waals surface area contributed by atoms with Gasteiger partial charge in [0.2, 0.25) is 0 Å². The van der Waals surface area contributed by atoms with Gasteiger partial charge in [-0.25, -0.2) is 9.82 Å². The molecule has 1 unspecified atom stereocenters. The van der Waals surface area contributed by atoms with Crippen molar-refractivity contribution >= 4 is 5.91 Å². The van der Waals surface area contributed by atoms with Gasteiger partial charge in [-0.3, -0.25) is 4.79 Å². The van der Waals surface area contributed by atoms with Crippen molar-refractivity contribution in [2.45, 2.75) is 24.8 Å². The maximum atomic E-state index is 13.5. The minimum atomic E-state index is -0.613. The van der Waals surface area contributed by atoms with Gasteiger partial charge in [-0.2, -0.15) is 5.11 Å². The zero-order valence-electron chi connectivity index (χ0n) is 8.48. The van der Waals surface area contributed by atoms with Crippen LogP contribution in [-0.2, 0) is 4.79 Å². The molecule has 1 heterocycles. The van der Waals surface area contributed by atoms with E-state index in [1.807, 2.05) is 0 Å². The molecule has 1 fully saturated rings. The summed E-state index contributed by atoms with van der Waals surface area (Å²) < 4.78 is 13.5. The van der Waals surface area contributed by atoms with Gasteiger partial charge >= 0.3 is 0 Å². The van der Waals surface area contributed by atoms with Crippen LogP contribution in [0.3, 0.4) is 0 Å². The first kappa shape index (κ1) is 9.45. The molecule has 1 aromatic carbocycles. The first-order chi connectivity index (χ1) is 7.75. The highest BCUT2D eigenvalue weighted by Crippen LogP contribution is 2.42. The monoisotopic (exact) mass is 219 g/mol. The highest BCUT2D eigenvalue weighted by Gasteiger charge is 2.30. The van der Waals surface area contributed by atoms with Crippen molar-refractivity contribution in [3.05, 3.63) is 35.1 Å². The first-order valence-corrected chi connectivity index (χ1v) is 5.25. The summed E-state index contributed by atoms with van der Waals surface area (Å²) in [4.78, 5) is 11.4. The molecule has 5 heteroatoms. The molecule has 1 aromatic rings. The van der Waals surface area contributed by atoms with Crippen molar-refractivity contribution in [1.82, 2.24) is 5.43 Å². The third-order valence-corrected chi connectivity index (χ3v) is 2.93. The number of rotatable bonds is 2. The molecule has 0 saturated heterocycles. The number of hydrogen-bond acceptors (Lipinski definition) is 3. The Morgan fingerprint density at radius 3 is 2.81 bits per heavy atom. The fourth-order valence-corrected chi connectivity index (χ4v) is 1.91. The number of carbonyl (C=O) groups is 1. The lowest BCUT2D eigenvalue weighted by atomic mass is 10.0. The number of benzene rings is 1. The van der Waals surface area contributed by atoms with Gasteiger partial charge in [0.25, 0.3) is 5.91 Å². The summed E-state index contributed by atoms with van der Waals surface area (Å²) in [6, 6.07) is 4.12. The average Bonchev–Trinajstić information content (AvgIpc) is 3.03. The SMILES string of the molecule is O=C1NN=NC1c1ccc(F)c(C2CC2)c1. The van der Waals surface area contributed by atoms with Gasteiger partial charge in [0.05, 0.1) is 0 Å². The first-order valence-electron chi connectivity index (χ1n) is 5.25. The van der Waals surface area contributed by atoms with Crippen LogP contribution in [0.4, 0.5) is 4.39 Å². The number of hydrogen-bond donors (Lipinski definition) is 1. The van der Waals surface area contributed by atoms with Crippen molar-refractivity contribution in [2.75, 3.05) is 0 Å². The van der Waals surface area contributed by atoms with Crippen LogP contribution in [0.25, 0.3) is 0 Å². The Hall–Kier alpha value is -1.78. The van der Waals surface area contributed by atoms with Crippen molar-refractivity contribution in [3.8, 4) is 0 Å². The number of amides is 1. The van der Waals surface area contributed by atoms with E-state index in [2.05, 4.69) is 15.8 Å². The minimum absolute atomic E-state index is 0.193. The third kappa shape index (κ3) is 1.48. The average molecular weight is 219 g/mol. The van der Waals surface area contributed by atoms with Crippen LogP contribution in [0.5, 0.6) is 0 Å². The predicted octanol–water partition coefficient (Wildman–Crippen LogP) is 2.24. The molecule has 16 heavy (non-hydrogen) atoms. The number of carbonyl (C=O) groups excluding carboxylic acids is 1. The van der Waals surface area contributed by atoms with Crippen molar-refractivity contribution < 1.29 is 9.18 Å². The van der Waals surface area contributed by atoms with E-state index >= 15 is 0 Å². The smallest absolute Gasteiger partial charge is 0.270 e. The summed E-state index contributed by atoms with van der Waals surface area (Å²) >= 11 is 0. The predicted molar refractivity (Wildman–Crippen MR) is 54.1 cm³/mol. The standard InChI is InChI=1S/C11H10FN3O/c12-9-4-3-7(5-8(9)6-1-2-6)10-11(16)14-15-13-10/h3-6,10H,1-2H2,(H,13,14,16). The van der Waals surface area contributed by atoms with E-state index in [9.17, 15) is 9.18 Å². The largest absolute Gasteiger partial charge is 0.272 e. The van der Waals surface area contributed by atoms with Gasteiger partial charge in [-0.1, -0.05) is 11.3 Å². The number of nitrogens with zero attached hydrogens (tertiary/aromatic N) is 2. The van der Waals surface area contributed by atoms with Crippen LogP contribution in [0, 0.1) is 5.82 Å². The molecule has 0 aromatic heterocycles. The Morgan fingerprint density at radius 2 is 2.19 bits per heavy atom. The van der Waals surface area contributed by atoms with Crippen LogP contribution in [0.15, 0.2) is 28.5 Å². The Labute approximate surface area is 91.5 Å². The van der Waals surface area contributed by atoms with Crippen LogP contribution in [0.2, 0.25) is 0 Å². The quantitative estimate of drug-likeness (QED) is 0.814. The summed E-state index contributed by atoms with van der Waals surface area (Å²) in [7, 11) is 0. The Balaban J connectivity index is 1.98. The molecular weight excluding hydrogens is 209 g/mol. The van der Waals surface area contributed by atoms with E-state index in [1.54, 1.807) is 12.1 Å². The topological polar surface area (TPSA) is 53.8 Å². The van der Waals surface area contributed by atoms with E-state index in [1.165, 1.54) is 6.07 Å². The maximum Gasteiger partial charge on any atom is 0.272 e. The summed E-state index contributed by atoms with van der Waals surface area (Å²) in [6.07, 6.45) is 2.05. The van der Waals surface area contributed by atoms with Gasteiger partial charge in [-0.05, 0) is 42.0 Å². The molecule has 0 radical (unpaired) electrons. The lowest BCUT2D eigenvalue weighted by Gasteiger charge is -2.07. The van der Waals surface area contributed by atoms with Crippen molar-refractivity contribution in [3.63, 3.8) is 0 Å². The second-order valence-corrected chi connectivity index (χ2v) is 4.15. The summed E-state index contributed by atoms with van der Waals surface area (Å²) in [5, 5.41) is 7.25. The molecule has 1 saturated carbocycles. The summed E-state index contributed by atoms with van der Waals surface area (Å²) in [5.74, 6) is -0.128. The molecule has 1 N–H and O–H groups in total. The van der Waals surface area contributed by atoms with Gasteiger partial charge < -0.3 is 0 Å². The lowest BCUT2D eigenvalue weighted by Crippen LogP contribution is -2.17. The van der Waals surface area contributed by atoms with Crippen molar-refractivity contribution in [2.24, 2.45) is 10.3 Å². The van der Waals surface area contributed by atoms with Gasteiger partial charge in [-0.15, -0.1) is 0 Å². The zero-order valence-corrected chi connectivity index (χ0v) is 8.48. The third-order valence-electron chi connectivity index (χ3n) is 2.93. The molecule has 4 nitrogen and oxygen atoms in total. The molecule has 82 valence electrons. The van der Waals surface area contributed by atoms with E-state index in [-0.39, 0.29) is 11.7 Å². The summed E-state index contributed by atoms with van der Waals surface area (Å²) in [6.45, 7) is 0. The van der Waals surface area contributed by atoms with Crippen LogP contribution in [-0.4, -0.2) is 5.91 Å². The molecule has 1 aliphatic heterocycles. The summed E-state index contributed by atoms with van der Waals surface area (Å²) in [5.41, 5.74) is 3.68. The lowest BCUT2D eigenvalue weighted by molar-refractivity contribution is -0.120. The van der Waals surface area contributed by atoms with Gasteiger partial charge in [0, 0.05) is 0 Å². The Bertz CT molecular complexity index is 482. The Morgan fingerprint density at radius 1 is 1.38 bits per heavy atom.